The van der Waals surface area contributed by atoms with Crippen molar-refractivity contribution in [1.82, 2.24) is 10.0 Å². The summed E-state index contributed by atoms with van der Waals surface area (Å²) in [6.07, 6.45) is 1.46. The van der Waals surface area contributed by atoms with E-state index in [9.17, 15) is 18.0 Å². The van der Waals surface area contributed by atoms with Crippen LogP contribution in [0.3, 0.4) is 0 Å². The number of urea groups is 1. The lowest BCUT2D eigenvalue weighted by molar-refractivity contribution is -0.120. The van der Waals surface area contributed by atoms with Crippen LogP contribution in [0.2, 0.25) is 0 Å². The highest BCUT2D eigenvalue weighted by molar-refractivity contribution is 7.90. The van der Waals surface area contributed by atoms with Gasteiger partial charge in [0.05, 0.1) is 4.90 Å². The van der Waals surface area contributed by atoms with E-state index in [-0.39, 0.29) is 18.1 Å². The lowest BCUT2D eigenvalue weighted by Crippen LogP contribution is -2.52. The van der Waals surface area contributed by atoms with Crippen LogP contribution in [0.4, 0.5) is 10.5 Å². The lowest BCUT2D eigenvalue weighted by Gasteiger charge is -2.25. The number of rotatable bonds is 9. The van der Waals surface area contributed by atoms with Crippen molar-refractivity contribution in [3.05, 3.63) is 83.9 Å². The molecule has 10 heteroatoms. The Morgan fingerprint density at radius 1 is 0.973 bits per heavy atom. The third kappa shape index (κ3) is 6.21. The normalized spacial score (nSPS) is 13.0. The van der Waals surface area contributed by atoms with Crippen LogP contribution in [0.15, 0.2) is 77.7 Å². The van der Waals surface area contributed by atoms with E-state index in [1.807, 2.05) is 37.3 Å². The molecule has 37 heavy (non-hydrogen) atoms. The van der Waals surface area contributed by atoms with Gasteiger partial charge in [-0.3, -0.25) is 4.79 Å². The number of amides is 3. The first-order chi connectivity index (χ1) is 17.8. The molecule has 0 aromatic heterocycles. The van der Waals surface area contributed by atoms with Gasteiger partial charge < -0.3 is 19.7 Å². The van der Waals surface area contributed by atoms with Crippen LogP contribution in [-0.4, -0.2) is 40.2 Å². The first-order valence-corrected chi connectivity index (χ1v) is 13.4. The number of benzene rings is 3. The first-order valence-electron chi connectivity index (χ1n) is 11.9. The van der Waals surface area contributed by atoms with Gasteiger partial charge in [0.2, 0.25) is 12.7 Å². The van der Waals surface area contributed by atoms with Gasteiger partial charge >= 0.3 is 6.03 Å². The van der Waals surface area contributed by atoms with Gasteiger partial charge in [0.15, 0.2) is 11.5 Å². The number of aryl methyl sites for hydroxylation is 1. The van der Waals surface area contributed by atoms with E-state index < -0.39 is 28.0 Å². The number of nitrogens with zero attached hydrogens (tertiary/aromatic N) is 1. The molecule has 0 radical (unpaired) electrons. The van der Waals surface area contributed by atoms with Crippen LogP contribution in [0, 0.1) is 0 Å². The van der Waals surface area contributed by atoms with Gasteiger partial charge in [-0.25, -0.2) is 17.9 Å². The second-order valence-corrected chi connectivity index (χ2v) is 10.3. The minimum absolute atomic E-state index is 0.0374. The summed E-state index contributed by atoms with van der Waals surface area (Å²) < 4.78 is 38.8. The average molecular weight is 524 g/mol. The summed E-state index contributed by atoms with van der Waals surface area (Å²) in [5, 5.41) is 2.57. The van der Waals surface area contributed by atoms with Crippen LogP contribution < -0.4 is 24.4 Å². The average Bonchev–Trinajstić information content (AvgIpc) is 3.36. The van der Waals surface area contributed by atoms with E-state index in [4.69, 9.17) is 9.47 Å². The number of carbonyl (C=O) groups is 2. The molecule has 0 spiro atoms. The predicted molar refractivity (Wildman–Crippen MR) is 139 cm³/mol. The minimum atomic E-state index is -4.15. The van der Waals surface area contributed by atoms with Gasteiger partial charge in [-0.2, -0.15) is 0 Å². The second kappa shape index (κ2) is 11.3. The largest absolute Gasteiger partial charge is 0.454 e. The summed E-state index contributed by atoms with van der Waals surface area (Å²) >= 11 is 0. The molecular formula is C27H29N3O6S. The molecule has 1 atom stereocenters. The van der Waals surface area contributed by atoms with Crippen molar-refractivity contribution in [1.29, 1.82) is 0 Å². The fourth-order valence-corrected chi connectivity index (χ4v) is 5.30. The zero-order chi connectivity index (χ0) is 26.4. The summed E-state index contributed by atoms with van der Waals surface area (Å²) in [5.41, 5.74) is 1.96. The number of likely N-dealkylation sites (N-methyl/N-ethyl adjacent to an activating group) is 1. The quantitative estimate of drug-likeness (QED) is 0.443. The number of carbonyl (C=O) groups excluding carboxylic acids is 2. The van der Waals surface area contributed by atoms with Crippen LogP contribution in [0.25, 0.3) is 0 Å². The van der Waals surface area contributed by atoms with Crippen LogP contribution in [-0.2, 0) is 27.7 Å². The number of nitrogens with one attached hydrogen (secondary N) is 2. The number of hydrogen-bond donors (Lipinski definition) is 2. The van der Waals surface area contributed by atoms with Gasteiger partial charge in [0.1, 0.15) is 6.04 Å². The highest BCUT2D eigenvalue weighted by Gasteiger charge is 2.28. The molecule has 3 aromatic rings. The van der Waals surface area contributed by atoms with Gasteiger partial charge in [-0.1, -0.05) is 61.9 Å². The molecule has 9 nitrogen and oxygen atoms in total. The van der Waals surface area contributed by atoms with Crippen molar-refractivity contribution in [3.63, 3.8) is 0 Å². The van der Waals surface area contributed by atoms with Gasteiger partial charge in [0, 0.05) is 25.2 Å². The smallest absolute Gasteiger partial charge is 0.329 e. The van der Waals surface area contributed by atoms with Crippen molar-refractivity contribution in [2.75, 3.05) is 18.7 Å². The Bertz CT molecular complexity index is 1380. The Balaban J connectivity index is 1.55. The Morgan fingerprint density at radius 3 is 2.43 bits per heavy atom. The summed E-state index contributed by atoms with van der Waals surface area (Å²) in [4.78, 5) is 27.9. The molecule has 2 N–H and O–H groups in total. The van der Waals surface area contributed by atoms with E-state index >= 15 is 0 Å². The Kier molecular flexibility index (Phi) is 7.98. The van der Waals surface area contributed by atoms with Gasteiger partial charge in [-0.05, 0) is 35.7 Å². The molecule has 1 aliphatic rings. The molecule has 1 unspecified atom stereocenters. The van der Waals surface area contributed by atoms with Crippen molar-refractivity contribution in [2.45, 2.75) is 37.1 Å². The molecule has 1 heterocycles. The van der Waals surface area contributed by atoms with Crippen molar-refractivity contribution >= 4 is 27.6 Å². The standard InChI is InChI=1S/C27H29N3O6S/c1-3-9-20-12-7-8-13-25(20)37(33,34)29-27(32)28-22(16-19-10-5-4-6-11-19)26(31)30(2)21-14-15-23-24(17-21)36-18-35-23/h4-8,10-15,17,22H,3,9,16,18H2,1-2H3,(H2,28,29,32). The molecular weight excluding hydrogens is 494 g/mol. The fourth-order valence-electron chi connectivity index (χ4n) is 4.11. The number of anilines is 1. The molecule has 0 saturated carbocycles. The molecule has 0 bridgehead atoms. The van der Waals surface area contributed by atoms with E-state index in [2.05, 4.69) is 10.0 Å². The Hall–Kier alpha value is -4.05. The molecule has 3 amide bonds. The van der Waals surface area contributed by atoms with E-state index in [1.54, 1.807) is 43.4 Å². The maximum absolute atomic E-state index is 13.5. The Labute approximate surface area is 216 Å². The van der Waals surface area contributed by atoms with Gasteiger partial charge in [-0.15, -0.1) is 0 Å². The first kappa shape index (κ1) is 26.0. The highest BCUT2D eigenvalue weighted by atomic mass is 32.2. The third-order valence-electron chi connectivity index (χ3n) is 5.97. The van der Waals surface area contributed by atoms with Crippen LogP contribution >= 0.6 is 0 Å². The van der Waals surface area contributed by atoms with E-state index in [1.165, 1.54) is 11.0 Å². The fraction of sp³-hybridized carbons (Fsp3) is 0.259. The molecule has 1 aliphatic heterocycles. The van der Waals surface area contributed by atoms with Crippen molar-refractivity contribution < 1.29 is 27.5 Å². The number of fused-ring (bicyclic) bond motifs is 1. The topological polar surface area (TPSA) is 114 Å². The van der Waals surface area contributed by atoms with E-state index in [0.29, 0.717) is 29.2 Å². The summed E-state index contributed by atoms with van der Waals surface area (Å²) in [5.74, 6) is 0.664. The number of sulfonamides is 1. The highest BCUT2D eigenvalue weighted by Crippen LogP contribution is 2.35. The van der Waals surface area contributed by atoms with Crippen LogP contribution in [0.1, 0.15) is 24.5 Å². The molecule has 0 saturated heterocycles. The Morgan fingerprint density at radius 2 is 1.68 bits per heavy atom. The number of hydrogen-bond acceptors (Lipinski definition) is 6. The maximum Gasteiger partial charge on any atom is 0.329 e. The van der Waals surface area contributed by atoms with E-state index in [0.717, 1.165) is 12.0 Å². The summed E-state index contributed by atoms with van der Waals surface area (Å²) in [6, 6.07) is 18.8. The van der Waals surface area contributed by atoms with Crippen molar-refractivity contribution in [2.24, 2.45) is 0 Å². The number of ether oxygens (including phenoxy) is 2. The molecule has 3 aromatic carbocycles. The summed E-state index contributed by atoms with van der Waals surface area (Å²) in [6.45, 7) is 2.05. The predicted octanol–water partition coefficient (Wildman–Crippen LogP) is 3.63. The summed E-state index contributed by atoms with van der Waals surface area (Å²) in [7, 11) is -2.57. The van der Waals surface area contributed by atoms with Crippen LogP contribution in [0.5, 0.6) is 11.5 Å². The maximum atomic E-state index is 13.5. The minimum Gasteiger partial charge on any atom is -0.454 e. The lowest BCUT2D eigenvalue weighted by atomic mass is 10.0. The monoisotopic (exact) mass is 523 g/mol. The third-order valence-corrected chi connectivity index (χ3v) is 7.40. The SMILES string of the molecule is CCCc1ccccc1S(=O)(=O)NC(=O)NC(Cc1ccccc1)C(=O)N(C)c1ccc2c(c1)OCO2. The zero-order valence-electron chi connectivity index (χ0n) is 20.6. The van der Waals surface area contributed by atoms with Gasteiger partial charge in [0.25, 0.3) is 10.0 Å². The molecule has 0 fully saturated rings. The van der Waals surface area contributed by atoms with Crippen molar-refractivity contribution in [3.8, 4) is 11.5 Å². The molecule has 194 valence electrons. The second-order valence-electron chi connectivity index (χ2n) is 8.61. The zero-order valence-corrected chi connectivity index (χ0v) is 21.5. The molecule has 4 rings (SSSR count). The molecule has 0 aliphatic carbocycles.